The number of carbonyl (C=O) groups is 2. The van der Waals surface area contributed by atoms with Crippen molar-refractivity contribution in [2.24, 2.45) is 0 Å². The van der Waals surface area contributed by atoms with Crippen LogP contribution in [0.4, 0.5) is 5.13 Å². The SMILES string of the molecule is Cc1ccc(CNC(=O)c2csc(NC(=O)c3ccc4c(c3)OCO4)n2)o1. The number of carbonyl (C=O) groups excluding carboxylic acids is 2. The van der Waals surface area contributed by atoms with Gasteiger partial charge in [-0.05, 0) is 37.3 Å². The van der Waals surface area contributed by atoms with Gasteiger partial charge in [0.2, 0.25) is 6.79 Å². The number of nitrogens with one attached hydrogen (secondary N) is 2. The molecule has 0 atom stereocenters. The number of amides is 2. The summed E-state index contributed by atoms with van der Waals surface area (Å²) in [7, 11) is 0. The maximum absolute atomic E-state index is 12.4. The number of thiazole rings is 1. The van der Waals surface area contributed by atoms with E-state index in [1.165, 1.54) is 11.3 Å². The molecule has 0 aliphatic carbocycles. The molecule has 9 heteroatoms. The smallest absolute Gasteiger partial charge is 0.271 e. The highest BCUT2D eigenvalue weighted by Crippen LogP contribution is 2.32. The van der Waals surface area contributed by atoms with Crippen LogP contribution in [-0.4, -0.2) is 23.6 Å². The molecule has 0 radical (unpaired) electrons. The molecule has 1 aliphatic heterocycles. The molecule has 0 saturated carbocycles. The summed E-state index contributed by atoms with van der Waals surface area (Å²) in [5.74, 6) is 1.87. The molecule has 2 N–H and O–H groups in total. The lowest BCUT2D eigenvalue weighted by Gasteiger charge is -2.03. The summed E-state index contributed by atoms with van der Waals surface area (Å²) < 4.78 is 15.9. The second-order valence-electron chi connectivity index (χ2n) is 5.76. The minimum Gasteiger partial charge on any atom is -0.465 e. The molecule has 0 bridgehead atoms. The number of nitrogens with zero attached hydrogens (tertiary/aromatic N) is 1. The van der Waals surface area contributed by atoms with Crippen molar-refractivity contribution in [1.29, 1.82) is 0 Å². The van der Waals surface area contributed by atoms with Gasteiger partial charge in [0.25, 0.3) is 11.8 Å². The molecule has 2 amide bonds. The Balaban J connectivity index is 1.37. The van der Waals surface area contributed by atoms with E-state index in [9.17, 15) is 9.59 Å². The van der Waals surface area contributed by atoms with Gasteiger partial charge in [-0.3, -0.25) is 14.9 Å². The molecule has 3 aromatic rings. The highest BCUT2D eigenvalue weighted by molar-refractivity contribution is 7.14. The minimum atomic E-state index is -0.347. The molecule has 0 spiro atoms. The number of hydrogen-bond acceptors (Lipinski definition) is 7. The van der Waals surface area contributed by atoms with Crippen molar-refractivity contribution >= 4 is 28.3 Å². The molecule has 3 heterocycles. The third-order valence-corrected chi connectivity index (χ3v) is 4.57. The van der Waals surface area contributed by atoms with Crippen LogP contribution in [0.2, 0.25) is 0 Å². The molecule has 1 aromatic carbocycles. The van der Waals surface area contributed by atoms with E-state index in [0.29, 0.717) is 28.0 Å². The Morgan fingerprint density at radius 2 is 2.00 bits per heavy atom. The largest absolute Gasteiger partial charge is 0.465 e. The van der Waals surface area contributed by atoms with Crippen molar-refractivity contribution in [3.05, 3.63) is 58.5 Å². The van der Waals surface area contributed by atoms with Crippen LogP contribution in [-0.2, 0) is 6.54 Å². The van der Waals surface area contributed by atoms with Gasteiger partial charge in [-0.2, -0.15) is 0 Å². The summed E-state index contributed by atoms with van der Waals surface area (Å²) in [6.07, 6.45) is 0. The highest BCUT2D eigenvalue weighted by Gasteiger charge is 2.18. The van der Waals surface area contributed by atoms with Gasteiger partial charge in [-0.25, -0.2) is 4.98 Å². The molecule has 2 aromatic heterocycles. The molecule has 4 rings (SSSR count). The number of rotatable bonds is 5. The van der Waals surface area contributed by atoms with Crippen molar-refractivity contribution in [3.63, 3.8) is 0 Å². The lowest BCUT2D eigenvalue weighted by Crippen LogP contribution is -2.23. The zero-order valence-electron chi connectivity index (χ0n) is 14.3. The normalized spacial score (nSPS) is 12.0. The van der Waals surface area contributed by atoms with Gasteiger partial charge in [0.05, 0.1) is 6.54 Å². The van der Waals surface area contributed by atoms with E-state index in [2.05, 4.69) is 15.6 Å². The fourth-order valence-corrected chi connectivity index (χ4v) is 3.17. The van der Waals surface area contributed by atoms with Crippen LogP contribution in [0.5, 0.6) is 11.5 Å². The maximum Gasteiger partial charge on any atom is 0.271 e. The van der Waals surface area contributed by atoms with Crippen LogP contribution in [0, 0.1) is 6.92 Å². The average molecular weight is 385 g/mol. The van der Waals surface area contributed by atoms with E-state index in [1.54, 1.807) is 29.6 Å². The van der Waals surface area contributed by atoms with Crippen LogP contribution in [0.25, 0.3) is 0 Å². The molecule has 0 fully saturated rings. The Morgan fingerprint density at radius 3 is 2.81 bits per heavy atom. The fraction of sp³-hybridized carbons (Fsp3) is 0.167. The summed E-state index contributed by atoms with van der Waals surface area (Å²) in [4.78, 5) is 28.7. The van der Waals surface area contributed by atoms with Crippen molar-refractivity contribution in [2.45, 2.75) is 13.5 Å². The Kier molecular flexibility index (Phi) is 4.51. The first kappa shape index (κ1) is 17.1. The first-order chi connectivity index (χ1) is 13.1. The minimum absolute atomic E-state index is 0.142. The number of aromatic nitrogens is 1. The maximum atomic E-state index is 12.4. The zero-order chi connectivity index (χ0) is 18.8. The number of fused-ring (bicyclic) bond motifs is 1. The van der Waals surface area contributed by atoms with Crippen LogP contribution >= 0.6 is 11.3 Å². The van der Waals surface area contributed by atoms with Gasteiger partial charge < -0.3 is 19.2 Å². The van der Waals surface area contributed by atoms with E-state index in [0.717, 1.165) is 5.76 Å². The van der Waals surface area contributed by atoms with Crippen molar-refractivity contribution in [1.82, 2.24) is 10.3 Å². The van der Waals surface area contributed by atoms with E-state index in [4.69, 9.17) is 13.9 Å². The lowest BCUT2D eigenvalue weighted by atomic mass is 10.2. The summed E-state index contributed by atoms with van der Waals surface area (Å²) in [5, 5.41) is 7.31. The Bertz CT molecular complexity index is 1010. The second-order valence-corrected chi connectivity index (χ2v) is 6.61. The second kappa shape index (κ2) is 7.12. The number of hydrogen-bond donors (Lipinski definition) is 2. The average Bonchev–Trinajstić information content (AvgIpc) is 3.39. The first-order valence-corrected chi connectivity index (χ1v) is 8.96. The van der Waals surface area contributed by atoms with Gasteiger partial charge in [-0.1, -0.05) is 0 Å². The summed E-state index contributed by atoms with van der Waals surface area (Å²) in [5.41, 5.74) is 0.637. The van der Waals surface area contributed by atoms with Crippen molar-refractivity contribution in [2.75, 3.05) is 12.1 Å². The van der Waals surface area contributed by atoms with E-state index in [-0.39, 0.29) is 30.8 Å². The summed E-state index contributed by atoms with van der Waals surface area (Å²) >= 11 is 1.17. The van der Waals surface area contributed by atoms with Crippen LogP contribution in [0.3, 0.4) is 0 Å². The molecular weight excluding hydrogens is 370 g/mol. The topological polar surface area (TPSA) is 103 Å². The molecule has 0 unspecified atom stereocenters. The monoisotopic (exact) mass is 385 g/mol. The number of benzene rings is 1. The van der Waals surface area contributed by atoms with E-state index in [1.807, 2.05) is 13.0 Å². The van der Waals surface area contributed by atoms with E-state index < -0.39 is 0 Å². The van der Waals surface area contributed by atoms with Crippen LogP contribution < -0.4 is 20.1 Å². The quantitative estimate of drug-likeness (QED) is 0.700. The van der Waals surface area contributed by atoms with E-state index >= 15 is 0 Å². The van der Waals surface area contributed by atoms with Crippen molar-refractivity contribution in [3.8, 4) is 11.5 Å². The number of ether oxygens (including phenoxy) is 2. The fourth-order valence-electron chi connectivity index (χ4n) is 2.48. The lowest BCUT2D eigenvalue weighted by molar-refractivity contribution is 0.0942. The van der Waals surface area contributed by atoms with Crippen LogP contribution in [0.15, 0.2) is 40.1 Å². The van der Waals surface area contributed by atoms with Crippen molar-refractivity contribution < 1.29 is 23.5 Å². The number of aryl methyl sites for hydroxylation is 1. The molecule has 138 valence electrons. The Hall–Kier alpha value is -3.33. The van der Waals surface area contributed by atoms with Gasteiger partial charge in [0.15, 0.2) is 16.6 Å². The molecule has 0 saturated heterocycles. The number of furan rings is 1. The molecule has 8 nitrogen and oxygen atoms in total. The van der Waals surface area contributed by atoms with Crippen LogP contribution in [0.1, 0.15) is 32.4 Å². The molecule has 1 aliphatic rings. The summed E-state index contributed by atoms with van der Waals surface area (Å²) in [6.45, 7) is 2.24. The standard InChI is InChI=1S/C18H15N3O5S/c1-10-2-4-12(26-10)7-19-17(23)13-8-27-18(20-13)21-16(22)11-3-5-14-15(6-11)25-9-24-14/h2-6,8H,7,9H2,1H3,(H,19,23)(H,20,21,22). The van der Waals surface area contributed by atoms with Gasteiger partial charge in [0.1, 0.15) is 17.2 Å². The Labute approximate surface area is 158 Å². The third kappa shape index (κ3) is 3.77. The van der Waals surface area contributed by atoms with Gasteiger partial charge in [-0.15, -0.1) is 11.3 Å². The molecular formula is C18H15N3O5S. The Morgan fingerprint density at radius 1 is 1.15 bits per heavy atom. The van der Waals surface area contributed by atoms with Gasteiger partial charge in [0, 0.05) is 10.9 Å². The molecule has 27 heavy (non-hydrogen) atoms. The first-order valence-electron chi connectivity index (χ1n) is 8.08. The summed E-state index contributed by atoms with van der Waals surface area (Å²) in [6, 6.07) is 8.54. The van der Waals surface area contributed by atoms with Gasteiger partial charge >= 0.3 is 0 Å². The zero-order valence-corrected chi connectivity index (χ0v) is 15.1. The highest BCUT2D eigenvalue weighted by atomic mass is 32.1. The third-order valence-electron chi connectivity index (χ3n) is 3.81. The number of anilines is 1. The predicted octanol–water partition coefficient (Wildman–Crippen LogP) is 2.96. The predicted molar refractivity (Wildman–Crippen MR) is 97.2 cm³/mol.